The lowest BCUT2D eigenvalue weighted by Crippen LogP contribution is -2.04. The number of carboxylic acids is 2. The Morgan fingerprint density at radius 3 is 2.37 bits per heavy atom. The number of hydrogen-bond acceptors (Lipinski definition) is 4. The molecular formula is C32H37NO5. The highest BCUT2D eigenvalue weighted by Crippen LogP contribution is 2.22. The van der Waals surface area contributed by atoms with Gasteiger partial charge in [0.05, 0.1) is 12.2 Å². The van der Waals surface area contributed by atoms with Gasteiger partial charge in [-0.1, -0.05) is 61.0 Å². The molecule has 3 aromatic rings. The molecule has 0 fully saturated rings. The van der Waals surface area contributed by atoms with E-state index in [1.54, 1.807) is 18.3 Å². The third-order valence-corrected chi connectivity index (χ3v) is 6.45. The van der Waals surface area contributed by atoms with Crippen LogP contribution in [0.2, 0.25) is 0 Å². The summed E-state index contributed by atoms with van der Waals surface area (Å²) in [6.45, 7) is 0.612. The topological polar surface area (TPSA) is 96.7 Å². The van der Waals surface area contributed by atoms with E-state index in [1.165, 1.54) is 5.56 Å². The molecule has 3 rings (SSSR count). The first kappa shape index (κ1) is 28.6. The SMILES string of the molecule is O=C(O)CCCCC(/C=C/c1cccnc1OCCCCCc1ccccc1)Cc1ccc(C(=O)O)cc1. The van der Waals surface area contributed by atoms with Crippen molar-refractivity contribution in [1.82, 2.24) is 4.98 Å². The van der Waals surface area contributed by atoms with E-state index in [4.69, 9.17) is 14.9 Å². The number of hydrogen-bond donors (Lipinski definition) is 2. The first-order chi connectivity index (χ1) is 18.5. The smallest absolute Gasteiger partial charge is 0.335 e. The molecule has 2 aromatic carbocycles. The molecule has 1 atom stereocenters. The molecule has 0 aliphatic carbocycles. The number of aryl methyl sites for hydroxylation is 1. The van der Waals surface area contributed by atoms with Crippen molar-refractivity contribution in [2.24, 2.45) is 5.92 Å². The Bertz CT molecular complexity index is 1160. The Morgan fingerprint density at radius 2 is 1.63 bits per heavy atom. The van der Waals surface area contributed by atoms with Crippen molar-refractivity contribution in [2.45, 2.75) is 57.8 Å². The molecule has 1 aromatic heterocycles. The van der Waals surface area contributed by atoms with E-state index in [0.29, 0.717) is 18.9 Å². The van der Waals surface area contributed by atoms with Gasteiger partial charge < -0.3 is 14.9 Å². The number of rotatable bonds is 17. The van der Waals surface area contributed by atoms with Gasteiger partial charge in [-0.15, -0.1) is 0 Å². The van der Waals surface area contributed by atoms with Gasteiger partial charge in [0.25, 0.3) is 0 Å². The number of aromatic carboxylic acids is 1. The normalized spacial score (nSPS) is 11.9. The molecule has 0 aliphatic heterocycles. The second-order valence-electron chi connectivity index (χ2n) is 9.51. The molecule has 0 spiro atoms. The van der Waals surface area contributed by atoms with Gasteiger partial charge in [0.15, 0.2) is 0 Å². The van der Waals surface area contributed by atoms with Crippen molar-refractivity contribution in [3.05, 3.63) is 101 Å². The molecule has 0 saturated carbocycles. The van der Waals surface area contributed by atoms with Gasteiger partial charge in [-0.25, -0.2) is 9.78 Å². The van der Waals surface area contributed by atoms with Crippen molar-refractivity contribution in [3.8, 4) is 5.88 Å². The molecule has 6 heteroatoms. The Labute approximate surface area is 225 Å². The highest BCUT2D eigenvalue weighted by molar-refractivity contribution is 5.87. The second-order valence-corrected chi connectivity index (χ2v) is 9.51. The predicted octanol–water partition coefficient (Wildman–Crippen LogP) is 7.09. The van der Waals surface area contributed by atoms with Gasteiger partial charge in [-0.05, 0) is 86.3 Å². The van der Waals surface area contributed by atoms with Crippen molar-refractivity contribution in [3.63, 3.8) is 0 Å². The van der Waals surface area contributed by atoms with Crippen LogP contribution in [0.5, 0.6) is 5.88 Å². The van der Waals surface area contributed by atoms with Gasteiger partial charge in [-0.3, -0.25) is 4.79 Å². The minimum Gasteiger partial charge on any atom is -0.481 e. The number of unbranched alkanes of at least 4 members (excludes halogenated alkanes) is 3. The third kappa shape index (κ3) is 10.6. The van der Waals surface area contributed by atoms with Crippen molar-refractivity contribution >= 4 is 18.0 Å². The highest BCUT2D eigenvalue weighted by Gasteiger charge is 2.10. The van der Waals surface area contributed by atoms with E-state index in [9.17, 15) is 9.59 Å². The molecule has 200 valence electrons. The summed E-state index contributed by atoms with van der Waals surface area (Å²) < 4.78 is 6.02. The van der Waals surface area contributed by atoms with E-state index in [0.717, 1.165) is 56.1 Å². The summed E-state index contributed by atoms with van der Waals surface area (Å²) in [5, 5.41) is 18.1. The summed E-state index contributed by atoms with van der Waals surface area (Å²) in [4.78, 5) is 26.5. The summed E-state index contributed by atoms with van der Waals surface area (Å²) in [7, 11) is 0. The average molecular weight is 516 g/mol. The summed E-state index contributed by atoms with van der Waals surface area (Å²) in [6.07, 6.45) is 13.3. The minimum atomic E-state index is -0.943. The number of ether oxygens (including phenoxy) is 1. The van der Waals surface area contributed by atoms with Gasteiger partial charge in [-0.2, -0.15) is 0 Å². The highest BCUT2D eigenvalue weighted by atomic mass is 16.5. The van der Waals surface area contributed by atoms with Crippen LogP contribution in [0.3, 0.4) is 0 Å². The van der Waals surface area contributed by atoms with Gasteiger partial charge >= 0.3 is 11.9 Å². The zero-order chi connectivity index (χ0) is 27.0. The fraction of sp³-hybridized carbons (Fsp3) is 0.344. The van der Waals surface area contributed by atoms with Gasteiger partial charge in [0.1, 0.15) is 0 Å². The lowest BCUT2D eigenvalue weighted by atomic mass is 9.92. The summed E-state index contributed by atoms with van der Waals surface area (Å²) in [5.41, 5.74) is 3.58. The van der Waals surface area contributed by atoms with E-state index in [2.05, 4.69) is 35.3 Å². The number of benzene rings is 2. The Morgan fingerprint density at radius 1 is 0.842 bits per heavy atom. The summed E-state index contributed by atoms with van der Waals surface area (Å²) >= 11 is 0. The van der Waals surface area contributed by atoms with Crippen LogP contribution < -0.4 is 4.74 Å². The molecule has 0 saturated heterocycles. The maximum atomic E-state index is 11.2. The van der Waals surface area contributed by atoms with Crippen molar-refractivity contribution in [2.75, 3.05) is 6.61 Å². The lowest BCUT2D eigenvalue weighted by Gasteiger charge is -2.14. The third-order valence-electron chi connectivity index (χ3n) is 6.45. The average Bonchev–Trinajstić information content (AvgIpc) is 2.92. The van der Waals surface area contributed by atoms with Crippen LogP contribution in [0, 0.1) is 5.92 Å². The van der Waals surface area contributed by atoms with Crippen LogP contribution in [-0.4, -0.2) is 33.7 Å². The van der Waals surface area contributed by atoms with Crippen LogP contribution >= 0.6 is 0 Å². The molecule has 0 bridgehead atoms. The Kier molecular flexibility index (Phi) is 12.1. The van der Waals surface area contributed by atoms with Crippen LogP contribution in [-0.2, 0) is 17.6 Å². The molecule has 0 amide bonds. The summed E-state index contributed by atoms with van der Waals surface area (Å²) in [6, 6.07) is 21.3. The van der Waals surface area contributed by atoms with Crippen LogP contribution in [0.4, 0.5) is 0 Å². The van der Waals surface area contributed by atoms with Gasteiger partial charge in [0.2, 0.25) is 5.88 Å². The standard InChI is InChI=1S/C32H37NO5/c34-30(35)15-7-6-13-26(24-27-17-20-29(21-18-27)32(36)37)16-19-28-14-9-22-33-31(28)38-23-8-2-5-12-25-10-3-1-4-11-25/h1,3-4,9-11,14,16-22,26H,2,5-8,12-13,15,23-24H2,(H,34,35)(H,36,37)/b19-16+. The quantitative estimate of drug-likeness (QED) is 0.186. The Balaban J connectivity index is 1.56. The fourth-order valence-electron chi connectivity index (χ4n) is 4.35. The number of carbonyl (C=O) groups is 2. The largest absolute Gasteiger partial charge is 0.481 e. The van der Waals surface area contributed by atoms with Crippen molar-refractivity contribution in [1.29, 1.82) is 0 Å². The number of aliphatic carboxylic acids is 1. The van der Waals surface area contributed by atoms with Crippen LogP contribution in [0.1, 0.15) is 72.0 Å². The van der Waals surface area contributed by atoms with Crippen LogP contribution in [0.25, 0.3) is 6.08 Å². The molecule has 2 N–H and O–H groups in total. The van der Waals surface area contributed by atoms with Gasteiger partial charge in [0, 0.05) is 18.2 Å². The molecule has 38 heavy (non-hydrogen) atoms. The minimum absolute atomic E-state index is 0.162. The maximum Gasteiger partial charge on any atom is 0.335 e. The fourth-order valence-corrected chi connectivity index (χ4v) is 4.35. The molecule has 1 unspecified atom stereocenters. The first-order valence-electron chi connectivity index (χ1n) is 13.3. The molecular weight excluding hydrogens is 478 g/mol. The number of pyridine rings is 1. The molecule has 6 nitrogen and oxygen atoms in total. The van der Waals surface area contributed by atoms with E-state index in [1.807, 2.05) is 36.4 Å². The number of allylic oxidation sites excluding steroid dienone is 1. The van der Waals surface area contributed by atoms with E-state index in [-0.39, 0.29) is 17.9 Å². The lowest BCUT2D eigenvalue weighted by molar-refractivity contribution is -0.137. The van der Waals surface area contributed by atoms with E-state index < -0.39 is 11.9 Å². The van der Waals surface area contributed by atoms with Crippen LogP contribution in [0.15, 0.2) is 79.0 Å². The molecule has 0 aliphatic rings. The molecule has 0 radical (unpaired) electrons. The summed E-state index contributed by atoms with van der Waals surface area (Å²) in [5.74, 6) is -0.937. The van der Waals surface area contributed by atoms with E-state index >= 15 is 0 Å². The Hall–Kier alpha value is -3.93. The molecule has 1 heterocycles. The second kappa shape index (κ2) is 16.0. The zero-order valence-corrected chi connectivity index (χ0v) is 21.8. The zero-order valence-electron chi connectivity index (χ0n) is 21.8. The number of nitrogens with zero attached hydrogens (tertiary/aromatic N) is 1. The monoisotopic (exact) mass is 515 g/mol. The maximum absolute atomic E-state index is 11.2. The van der Waals surface area contributed by atoms with Crippen molar-refractivity contribution < 1.29 is 24.5 Å². The predicted molar refractivity (Wildman–Crippen MR) is 149 cm³/mol. The first-order valence-corrected chi connectivity index (χ1v) is 13.3. The number of aromatic nitrogens is 1. The number of carboxylic acid groups (broad SMARTS) is 2.